The van der Waals surface area contributed by atoms with Gasteiger partial charge in [-0.2, -0.15) is 0 Å². The lowest BCUT2D eigenvalue weighted by Crippen LogP contribution is -2.35. The molecule has 0 spiro atoms. The first-order valence-corrected chi connectivity index (χ1v) is 5.59. The highest BCUT2D eigenvalue weighted by Gasteiger charge is 2.15. The van der Waals surface area contributed by atoms with E-state index < -0.39 is 0 Å². The summed E-state index contributed by atoms with van der Waals surface area (Å²) in [6.45, 7) is 4.71. The molecule has 0 fully saturated rings. The topological polar surface area (TPSA) is 54.6 Å². The van der Waals surface area contributed by atoms with Gasteiger partial charge in [-0.3, -0.25) is 0 Å². The van der Waals surface area contributed by atoms with Gasteiger partial charge in [0.25, 0.3) is 0 Å². The lowest BCUT2D eigenvalue weighted by Gasteiger charge is -2.20. The first-order chi connectivity index (χ1) is 7.67. The molecule has 0 bridgehead atoms. The van der Waals surface area contributed by atoms with Crippen molar-refractivity contribution in [2.24, 2.45) is 0 Å². The van der Waals surface area contributed by atoms with E-state index in [1.165, 1.54) is 0 Å². The predicted octanol–water partition coefficient (Wildman–Crippen LogP) is 1.64. The molecule has 0 aliphatic heterocycles. The molecule has 2 N–H and O–H groups in total. The van der Waals surface area contributed by atoms with Crippen LogP contribution in [-0.4, -0.2) is 31.5 Å². The van der Waals surface area contributed by atoms with Crippen molar-refractivity contribution < 1.29 is 14.3 Å². The standard InChI is InChI=1S/C12H21NO3/c1-9-4-5-12(16-9)10(2)13-11(6-7-14)8-15-3/h4-5,10-11,13-14H,6-8H2,1-3H3. The molecule has 2 unspecified atom stereocenters. The number of methoxy groups -OCH3 is 1. The first kappa shape index (κ1) is 13.2. The van der Waals surface area contributed by atoms with Gasteiger partial charge in [-0.15, -0.1) is 0 Å². The monoisotopic (exact) mass is 227 g/mol. The Labute approximate surface area is 96.6 Å². The van der Waals surface area contributed by atoms with Crippen molar-refractivity contribution in [1.82, 2.24) is 5.32 Å². The van der Waals surface area contributed by atoms with Gasteiger partial charge in [-0.05, 0) is 32.4 Å². The van der Waals surface area contributed by atoms with Gasteiger partial charge in [-0.1, -0.05) is 0 Å². The molecule has 4 nitrogen and oxygen atoms in total. The SMILES string of the molecule is COCC(CCO)NC(C)c1ccc(C)o1. The third kappa shape index (κ3) is 3.96. The summed E-state index contributed by atoms with van der Waals surface area (Å²) in [7, 11) is 1.66. The minimum Gasteiger partial charge on any atom is -0.465 e. The highest BCUT2D eigenvalue weighted by molar-refractivity contribution is 5.09. The van der Waals surface area contributed by atoms with E-state index in [0.29, 0.717) is 13.0 Å². The van der Waals surface area contributed by atoms with Crippen molar-refractivity contribution in [3.05, 3.63) is 23.7 Å². The molecule has 1 aromatic rings. The molecule has 0 saturated heterocycles. The Morgan fingerprint density at radius 1 is 1.50 bits per heavy atom. The summed E-state index contributed by atoms with van der Waals surface area (Å²) in [5.74, 6) is 1.82. The van der Waals surface area contributed by atoms with E-state index in [2.05, 4.69) is 5.32 Å². The number of ether oxygens (including phenoxy) is 1. The maximum absolute atomic E-state index is 8.93. The van der Waals surface area contributed by atoms with Gasteiger partial charge in [0.2, 0.25) is 0 Å². The van der Waals surface area contributed by atoms with Gasteiger partial charge in [0.05, 0.1) is 12.6 Å². The van der Waals surface area contributed by atoms with Crippen LogP contribution in [-0.2, 0) is 4.74 Å². The zero-order chi connectivity index (χ0) is 12.0. The largest absolute Gasteiger partial charge is 0.465 e. The van der Waals surface area contributed by atoms with Crippen LogP contribution >= 0.6 is 0 Å². The van der Waals surface area contributed by atoms with Crippen molar-refractivity contribution in [1.29, 1.82) is 0 Å². The maximum Gasteiger partial charge on any atom is 0.120 e. The quantitative estimate of drug-likeness (QED) is 0.743. The number of aryl methyl sites for hydroxylation is 1. The second-order valence-corrected chi connectivity index (χ2v) is 4.00. The van der Waals surface area contributed by atoms with Crippen LogP contribution in [0.4, 0.5) is 0 Å². The van der Waals surface area contributed by atoms with Crippen LogP contribution in [0.1, 0.15) is 30.9 Å². The first-order valence-electron chi connectivity index (χ1n) is 5.59. The van der Waals surface area contributed by atoms with E-state index in [1.807, 2.05) is 26.0 Å². The van der Waals surface area contributed by atoms with Crippen LogP contribution in [0.2, 0.25) is 0 Å². The minimum absolute atomic E-state index is 0.125. The Kier molecular flexibility index (Phi) is 5.52. The molecule has 1 heterocycles. The summed E-state index contributed by atoms with van der Waals surface area (Å²) < 4.78 is 10.6. The summed E-state index contributed by atoms with van der Waals surface area (Å²) >= 11 is 0. The van der Waals surface area contributed by atoms with Gasteiger partial charge < -0.3 is 19.6 Å². The molecule has 1 rings (SSSR count). The molecule has 1 aromatic heterocycles. The highest BCUT2D eigenvalue weighted by Crippen LogP contribution is 2.16. The molecular weight excluding hydrogens is 206 g/mol. The summed E-state index contributed by atoms with van der Waals surface area (Å²) in [6, 6.07) is 4.19. The normalized spacial score (nSPS) is 15.0. The fourth-order valence-corrected chi connectivity index (χ4v) is 1.69. The minimum atomic E-state index is 0.125. The van der Waals surface area contributed by atoms with E-state index >= 15 is 0 Å². The Hall–Kier alpha value is -0.840. The van der Waals surface area contributed by atoms with Gasteiger partial charge in [-0.25, -0.2) is 0 Å². The van der Waals surface area contributed by atoms with Crippen LogP contribution < -0.4 is 5.32 Å². The summed E-state index contributed by atoms with van der Waals surface area (Å²) in [5.41, 5.74) is 0. The maximum atomic E-state index is 8.93. The molecule has 0 radical (unpaired) electrons. The van der Waals surface area contributed by atoms with Crippen LogP contribution in [0.15, 0.2) is 16.5 Å². The molecule has 2 atom stereocenters. The Bertz CT molecular complexity index is 292. The molecular formula is C12H21NO3. The Morgan fingerprint density at radius 2 is 2.25 bits per heavy atom. The molecule has 0 amide bonds. The van der Waals surface area contributed by atoms with Crippen molar-refractivity contribution in [3.8, 4) is 0 Å². The average molecular weight is 227 g/mol. The Balaban J connectivity index is 2.50. The molecule has 0 aliphatic carbocycles. The molecule has 0 aliphatic rings. The lowest BCUT2D eigenvalue weighted by molar-refractivity contribution is 0.141. The number of hydrogen-bond acceptors (Lipinski definition) is 4. The lowest BCUT2D eigenvalue weighted by atomic mass is 10.1. The second-order valence-electron chi connectivity index (χ2n) is 4.00. The number of furan rings is 1. The summed E-state index contributed by atoms with van der Waals surface area (Å²) in [4.78, 5) is 0. The van der Waals surface area contributed by atoms with Crippen molar-refractivity contribution in [2.45, 2.75) is 32.4 Å². The van der Waals surface area contributed by atoms with Crippen LogP contribution in [0.3, 0.4) is 0 Å². The number of nitrogens with one attached hydrogen (secondary N) is 1. The Morgan fingerprint density at radius 3 is 2.75 bits per heavy atom. The van der Waals surface area contributed by atoms with E-state index in [1.54, 1.807) is 7.11 Å². The average Bonchev–Trinajstić information content (AvgIpc) is 2.65. The third-order valence-corrected chi connectivity index (χ3v) is 2.52. The van der Waals surface area contributed by atoms with E-state index in [-0.39, 0.29) is 18.7 Å². The molecule has 0 aromatic carbocycles. The molecule has 4 heteroatoms. The number of rotatable bonds is 7. The summed E-state index contributed by atoms with van der Waals surface area (Å²) in [6.07, 6.45) is 0.678. The van der Waals surface area contributed by atoms with E-state index in [9.17, 15) is 0 Å². The fourth-order valence-electron chi connectivity index (χ4n) is 1.69. The van der Waals surface area contributed by atoms with Gasteiger partial charge in [0.1, 0.15) is 11.5 Å². The zero-order valence-corrected chi connectivity index (χ0v) is 10.2. The number of hydrogen-bond donors (Lipinski definition) is 2. The molecule has 92 valence electrons. The van der Waals surface area contributed by atoms with Crippen LogP contribution in [0, 0.1) is 6.92 Å². The van der Waals surface area contributed by atoms with Gasteiger partial charge >= 0.3 is 0 Å². The number of aliphatic hydroxyl groups excluding tert-OH is 1. The van der Waals surface area contributed by atoms with Crippen molar-refractivity contribution in [3.63, 3.8) is 0 Å². The second kappa shape index (κ2) is 6.68. The zero-order valence-electron chi connectivity index (χ0n) is 10.2. The number of aliphatic hydroxyl groups is 1. The van der Waals surface area contributed by atoms with Crippen molar-refractivity contribution in [2.75, 3.05) is 20.3 Å². The third-order valence-electron chi connectivity index (χ3n) is 2.52. The van der Waals surface area contributed by atoms with Gasteiger partial charge in [0.15, 0.2) is 0 Å². The van der Waals surface area contributed by atoms with E-state index in [0.717, 1.165) is 11.5 Å². The van der Waals surface area contributed by atoms with Crippen LogP contribution in [0.5, 0.6) is 0 Å². The predicted molar refractivity (Wildman–Crippen MR) is 62.4 cm³/mol. The fraction of sp³-hybridized carbons (Fsp3) is 0.667. The molecule has 0 saturated carbocycles. The summed E-state index contributed by atoms with van der Waals surface area (Å²) in [5, 5.41) is 12.3. The smallest absolute Gasteiger partial charge is 0.120 e. The van der Waals surface area contributed by atoms with Gasteiger partial charge in [0, 0.05) is 19.8 Å². The van der Waals surface area contributed by atoms with Crippen LogP contribution in [0.25, 0.3) is 0 Å². The van der Waals surface area contributed by atoms with E-state index in [4.69, 9.17) is 14.3 Å². The van der Waals surface area contributed by atoms with Crippen molar-refractivity contribution >= 4 is 0 Å². The molecule has 16 heavy (non-hydrogen) atoms. The highest BCUT2D eigenvalue weighted by atomic mass is 16.5.